The van der Waals surface area contributed by atoms with Crippen LogP contribution in [0, 0.1) is 17.3 Å². The van der Waals surface area contributed by atoms with Crippen LogP contribution >= 0.6 is 0 Å². The molecule has 3 aliphatic rings. The molecule has 4 rings (SSSR count). The summed E-state index contributed by atoms with van der Waals surface area (Å²) >= 11 is 0. The van der Waals surface area contributed by atoms with Crippen molar-refractivity contribution in [2.45, 2.75) is 44.9 Å². The molecular weight excluding hydrogens is 272 g/mol. The molecule has 0 heterocycles. The SMILES string of the molecule is C=C=C1C[C@H]2[C@@H]3CCc4cc(O)ccc4[C@H]3CC[C@]2(C)C1=O. The largest absolute Gasteiger partial charge is 0.508 e. The molecule has 2 saturated carbocycles. The van der Waals surface area contributed by atoms with Gasteiger partial charge in [-0.05, 0) is 73.1 Å². The molecule has 4 atom stereocenters. The lowest BCUT2D eigenvalue weighted by Gasteiger charge is -2.48. The minimum atomic E-state index is -0.199. The first-order chi connectivity index (χ1) is 10.5. The van der Waals surface area contributed by atoms with Crippen molar-refractivity contribution >= 4 is 5.78 Å². The van der Waals surface area contributed by atoms with Gasteiger partial charge in [0, 0.05) is 11.0 Å². The number of phenolic OH excluding ortho intramolecular Hbond substituents is 1. The zero-order valence-corrected chi connectivity index (χ0v) is 13.1. The number of benzene rings is 1. The molecule has 0 amide bonds. The maximum atomic E-state index is 12.7. The molecule has 1 aromatic carbocycles. The number of fused-ring (bicyclic) bond motifs is 5. The summed E-state index contributed by atoms with van der Waals surface area (Å²) < 4.78 is 0. The fourth-order valence-electron chi connectivity index (χ4n) is 5.36. The van der Waals surface area contributed by atoms with Gasteiger partial charge in [-0.25, -0.2) is 0 Å². The number of hydrogen-bond donors (Lipinski definition) is 1. The number of aryl methyl sites for hydroxylation is 1. The van der Waals surface area contributed by atoms with Crippen LogP contribution in [-0.4, -0.2) is 10.9 Å². The molecule has 114 valence electrons. The molecule has 2 fully saturated rings. The number of aromatic hydroxyl groups is 1. The summed E-state index contributed by atoms with van der Waals surface area (Å²) in [5.74, 6) is 2.21. The van der Waals surface area contributed by atoms with Gasteiger partial charge in [-0.1, -0.05) is 19.6 Å². The van der Waals surface area contributed by atoms with E-state index in [2.05, 4.69) is 25.3 Å². The minimum Gasteiger partial charge on any atom is -0.508 e. The summed E-state index contributed by atoms with van der Waals surface area (Å²) in [6, 6.07) is 5.84. The first-order valence-corrected chi connectivity index (χ1v) is 8.30. The minimum absolute atomic E-state index is 0.199. The van der Waals surface area contributed by atoms with E-state index in [-0.39, 0.29) is 5.41 Å². The van der Waals surface area contributed by atoms with Crippen LogP contribution in [0.4, 0.5) is 0 Å². The normalized spacial score (nSPS) is 36.3. The van der Waals surface area contributed by atoms with Gasteiger partial charge < -0.3 is 5.11 Å². The van der Waals surface area contributed by atoms with Crippen LogP contribution in [0.1, 0.15) is 49.7 Å². The second-order valence-electron chi connectivity index (χ2n) is 7.44. The van der Waals surface area contributed by atoms with Crippen molar-refractivity contribution < 1.29 is 9.90 Å². The Bertz CT molecular complexity index is 710. The Morgan fingerprint density at radius 3 is 2.95 bits per heavy atom. The molecule has 0 radical (unpaired) electrons. The Balaban J connectivity index is 1.75. The maximum Gasteiger partial charge on any atom is 0.172 e. The van der Waals surface area contributed by atoms with Crippen molar-refractivity contribution in [1.29, 1.82) is 0 Å². The highest BCUT2D eigenvalue weighted by Gasteiger charge is 2.56. The quantitative estimate of drug-likeness (QED) is 0.577. The van der Waals surface area contributed by atoms with Crippen LogP contribution in [0.15, 0.2) is 36.1 Å². The molecule has 22 heavy (non-hydrogen) atoms. The highest BCUT2D eigenvalue weighted by Crippen LogP contribution is 2.60. The third-order valence-electron chi connectivity index (χ3n) is 6.53. The highest BCUT2D eigenvalue weighted by atomic mass is 16.3. The second-order valence-corrected chi connectivity index (χ2v) is 7.44. The van der Waals surface area contributed by atoms with Gasteiger partial charge in [0.2, 0.25) is 0 Å². The van der Waals surface area contributed by atoms with E-state index in [1.807, 2.05) is 12.1 Å². The van der Waals surface area contributed by atoms with Crippen LogP contribution in [0.5, 0.6) is 5.75 Å². The zero-order chi connectivity index (χ0) is 15.5. The fraction of sp³-hybridized carbons (Fsp3) is 0.500. The monoisotopic (exact) mass is 294 g/mol. The van der Waals surface area contributed by atoms with Crippen LogP contribution in [0.3, 0.4) is 0 Å². The van der Waals surface area contributed by atoms with E-state index in [1.54, 1.807) is 0 Å². The van der Waals surface area contributed by atoms with E-state index in [9.17, 15) is 9.90 Å². The lowest BCUT2D eigenvalue weighted by Crippen LogP contribution is -2.42. The lowest BCUT2D eigenvalue weighted by molar-refractivity contribution is -0.127. The smallest absolute Gasteiger partial charge is 0.172 e. The predicted octanol–water partition coefficient (Wildman–Crippen LogP) is 4.14. The van der Waals surface area contributed by atoms with Crippen molar-refractivity contribution in [3.05, 3.63) is 47.2 Å². The van der Waals surface area contributed by atoms with Crippen LogP contribution in [0.25, 0.3) is 0 Å². The van der Waals surface area contributed by atoms with Gasteiger partial charge in [-0.3, -0.25) is 4.79 Å². The predicted molar refractivity (Wildman–Crippen MR) is 85.8 cm³/mol. The van der Waals surface area contributed by atoms with E-state index in [4.69, 9.17) is 0 Å². The lowest BCUT2D eigenvalue weighted by atomic mass is 9.55. The molecule has 2 nitrogen and oxygen atoms in total. The number of carbonyl (C=O) groups is 1. The summed E-state index contributed by atoms with van der Waals surface area (Å²) in [6.07, 6.45) is 5.03. The highest BCUT2D eigenvalue weighted by molar-refractivity contribution is 6.02. The van der Waals surface area contributed by atoms with E-state index in [0.29, 0.717) is 29.3 Å². The standard InChI is InChI=1S/C20H22O2/c1-3-12-11-18-17-6-4-13-10-14(21)5-7-15(13)16(17)8-9-20(18,2)19(12)22/h5,7,10,16-18,21H,1,4,6,8-9,11H2,2H3/t16-,17-,18+,20+/m1/s1. The number of allylic oxidation sites excluding steroid dienone is 1. The topological polar surface area (TPSA) is 37.3 Å². The van der Waals surface area contributed by atoms with Crippen molar-refractivity contribution in [3.63, 3.8) is 0 Å². The van der Waals surface area contributed by atoms with Crippen LogP contribution in [-0.2, 0) is 11.2 Å². The molecule has 0 aromatic heterocycles. The average Bonchev–Trinajstić information content (AvgIpc) is 2.78. The molecule has 1 N–H and O–H groups in total. The molecular formula is C20H22O2. The molecule has 0 unspecified atom stereocenters. The molecule has 1 aromatic rings. The van der Waals surface area contributed by atoms with E-state index in [1.165, 1.54) is 11.1 Å². The third kappa shape index (κ3) is 1.71. The molecule has 2 heteroatoms. The van der Waals surface area contributed by atoms with Gasteiger partial charge >= 0.3 is 0 Å². The maximum absolute atomic E-state index is 12.7. The first kappa shape index (κ1) is 13.8. The van der Waals surface area contributed by atoms with Gasteiger partial charge in [0.1, 0.15) is 5.75 Å². The fourth-order valence-corrected chi connectivity index (χ4v) is 5.36. The van der Waals surface area contributed by atoms with Crippen LogP contribution < -0.4 is 0 Å². The number of ketones is 1. The Morgan fingerprint density at radius 1 is 1.36 bits per heavy atom. The van der Waals surface area contributed by atoms with Gasteiger partial charge in [-0.15, -0.1) is 5.73 Å². The Hall–Kier alpha value is -1.79. The van der Waals surface area contributed by atoms with Crippen molar-refractivity contribution in [2.24, 2.45) is 17.3 Å². The molecule has 3 aliphatic carbocycles. The van der Waals surface area contributed by atoms with E-state index < -0.39 is 0 Å². The van der Waals surface area contributed by atoms with Gasteiger partial charge in [0.05, 0.1) is 0 Å². The van der Waals surface area contributed by atoms with Crippen molar-refractivity contribution in [1.82, 2.24) is 0 Å². The molecule has 0 bridgehead atoms. The summed E-state index contributed by atoms with van der Waals surface area (Å²) in [5.41, 5.74) is 6.23. The summed E-state index contributed by atoms with van der Waals surface area (Å²) in [4.78, 5) is 12.7. The second kappa shape index (κ2) is 4.60. The number of carbonyl (C=O) groups excluding carboxylic acids is 1. The first-order valence-electron chi connectivity index (χ1n) is 8.30. The van der Waals surface area contributed by atoms with Crippen LogP contribution in [0.2, 0.25) is 0 Å². The van der Waals surface area contributed by atoms with E-state index >= 15 is 0 Å². The van der Waals surface area contributed by atoms with Gasteiger partial charge in [-0.2, -0.15) is 0 Å². The third-order valence-corrected chi connectivity index (χ3v) is 6.53. The van der Waals surface area contributed by atoms with Gasteiger partial charge in [0.25, 0.3) is 0 Å². The average molecular weight is 294 g/mol. The van der Waals surface area contributed by atoms with E-state index in [0.717, 1.165) is 37.7 Å². The number of Topliss-reactive ketones (excluding diaryl/α,β-unsaturated/α-hetero) is 1. The zero-order valence-electron chi connectivity index (χ0n) is 13.1. The Morgan fingerprint density at radius 2 is 2.18 bits per heavy atom. The number of hydrogen-bond acceptors (Lipinski definition) is 2. The summed E-state index contributed by atoms with van der Waals surface area (Å²) in [7, 11) is 0. The number of rotatable bonds is 0. The van der Waals surface area contributed by atoms with Crippen molar-refractivity contribution in [2.75, 3.05) is 0 Å². The summed E-state index contributed by atoms with van der Waals surface area (Å²) in [6.45, 7) is 5.88. The molecule has 0 spiro atoms. The molecule has 0 saturated heterocycles. The number of phenols is 1. The van der Waals surface area contributed by atoms with Crippen molar-refractivity contribution in [3.8, 4) is 5.75 Å². The Kier molecular flexibility index (Phi) is 2.90. The van der Waals surface area contributed by atoms with Gasteiger partial charge in [0.15, 0.2) is 5.78 Å². The molecule has 0 aliphatic heterocycles. The summed E-state index contributed by atoms with van der Waals surface area (Å²) in [5, 5.41) is 9.71. The Labute approximate surface area is 131 Å².